The number of phenolic OH excluding ortho intramolecular Hbond substituents is 3. The quantitative estimate of drug-likeness (QED) is 0.248. The van der Waals surface area contributed by atoms with Crippen molar-refractivity contribution in [2.45, 2.75) is 0 Å². The topological polar surface area (TPSA) is 78.5 Å². The lowest BCUT2D eigenvalue weighted by Gasteiger charge is -2.12. The van der Waals surface area contributed by atoms with Gasteiger partial charge < -0.3 is 15.3 Å². The first-order valence-electron chi connectivity index (χ1n) is 10.4. The molecule has 0 amide bonds. The van der Waals surface area contributed by atoms with Gasteiger partial charge in [-0.2, -0.15) is 5.10 Å². The summed E-state index contributed by atoms with van der Waals surface area (Å²) < 4.78 is 1.75. The Balaban J connectivity index is 1.89. The van der Waals surface area contributed by atoms with Crippen molar-refractivity contribution in [1.29, 1.82) is 0 Å². The number of phenols is 3. The van der Waals surface area contributed by atoms with E-state index in [9.17, 15) is 15.3 Å². The summed E-state index contributed by atoms with van der Waals surface area (Å²) in [5, 5.41) is 35.5. The largest absolute Gasteiger partial charge is 0.508 e. The van der Waals surface area contributed by atoms with Gasteiger partial charge in [-0.05, 0) is 84.4 Å². The number of aromatic nitrogens is 2. The van der Waals surface area contributed by atoms with Gasteiger partial charge in [0.15, 0.2) is 0 Å². The molecule has 0 saturated heterocycles. The first kappa shape index (κ1) is 21.9. The van der Waals surface area contributed by atoms with Crippen LogP contribution in [0, 0.1) is 0 Å². The third kappa shape index (κ3) is 4.07. The molecule has 0 aliphatic rings. The predicted molar refractivity (Wildman–Crippen MR) is 135 cm³/mol. The van der Waals surface area contributed by atoms with E-state index < -0.39 is 0 Å². The van der Waals surface area contributed by atoms with E-state index in [4.69, 9.17) is 28.3 Å². The van der Waals surface area contributed by atoms with E-state index in [1.165, 1.54) is 0 Å². The first-order chi connectivity index (χ1) is 16.4. The second-order valence-electron chi connectivity index (χ2n) is 7.72. The van der Waals surface area contributed by atoms with Crippen molar-refractivity contribution in [2.24, 2.45) is 0 Å². The Morgan fingerprint density at radius 3 is 1.62 bits per heavy atom. The molecule has 0 aliphatic heterocycles. The van der Waals surface area contributed by atoms with E-state index in [2.05, 4.69) is 0 Å². The van der Waals surface area contributed by atoms with E-state index in [0.717, 1.165) is 27.9 Å². The summed E-state index contributed by atoms with van der Waals surface area (Å²) in [6.07, 6.45) is 0. The molecule has 168 valence electrons. The van der Waals surface area contributed by atoms with Gasteiger partial charge in [0.2, 0.25) is 0 Å². The van der Waals surface area contributed by atoms with Gasteiger partial charge >= 0.3 is 0 Å². The first-order valence-corrected chi connectivity index (χ1v) is 11.1. The minimum atomic E-state index is 0.143. The highest BCUT2D eigenvalue weighted by molar-refractivity contribution is 6.35. The molecule has 0 saturated carbocycles. The maximum atomic E-state index is 9.88. The zero-order valence-corrected chi connectivity index (χ0v) is 19.2. The van der Waals surface area contributed by atoms with Gasteiger partial charge in [0.05, 0.1) is 16.4 Å². The molecule has 5 nitrogen and oxygen atoms in total. The molecule has 5 aromatic rings. The zero-order valence-electron chi connectivity index (χ0n) is 17.7. The Morgan fingerprint density at radius 2 is 1.09 bits per heavy atom. The van der Waals surface area contributed by atoms with Crippen LogP contribution in [0.25, 0.3) is 39.3 Å². The minimum absolute atomic E-state index is 0.143. The molecule has 0 unspecified atom stereocenters. The number of hydrogen-bond donors (Lipinski definition) is 3. The van der Waals surface area contributed by atoms with Crippen LogP contribution in [-0.4, -0.2) is 25.1 Å². The second-order valence-corrected chi connectivity index (χ2v) is 8.56. The number of aromatic hydroxyl groups is 3. The lowest BCUT2D eigenvalue weighted by atomic mass is 9.95. The van der Waals surface area contributed by atoms with Crippen LogP contribution >= 0.6 is 23.2 Å². The SMILES string of the molecule is Oc1ccc(-c2nn(-c3ccc(Cl)cc3Cl)c(-c3ccc(O)cc3)c2-c2ccc(O)cc2)cc1. The van der Waals surface area contributed by atoms with Gasteiger partial charge in [-0.1, -0.05) is 35.3 Å². The van der Waals surface area contributed by atoms with Gasteiger partial charge in [-0.3, -0.25) is 0 Å². The molecule has 0 spiro atoms. The van der Waals surface area contributed by atoms with Crippen molar-refractivity contribution in [2.75, 3.05) is 0 Å². The average Bonchev–Trinajstić information content (AvgIpc) is 3.21. The van der Waals surface area contributed by atoms with Crippen LogP contribution in [0.1, 0.15) is 0 Å². The normalized spacial score (nSPS) is 11.0. The number of hydrogen-bond acceptors (Lipinski definition) is 4. The van der Waals surface area contributed by atoms with Gasteiger partial charge in [0.1, 0.15) is 22.9 Å². The van der Waals surface area contributed by atoms with Crippen LogP contribution < -0.4 is 0 Å². The lowest BCUT2D eigenvalue weighted by Crippen LogP contribution is -2.00. The maximum Gasteiger partial charge on any atom is 0.115 e. The number of benzene rings is 4. The monoisotopic (exact) mass is 488 g/mol. The number of nitrogens with zero attached hydrogens (tertiary/aromatic N) is 2. The fraction of sp³-hybridized carbons (Fsp3) is 0. The summed E-state index contributed by atoms with van der Waals surface area (Å²) >= 11 is 12.7. The van der Waals surface area contributed by atoms with E-state index in [1.54, 1.807) is 83.5 Å². The van der Waals surface area contributed by atoms with Crippen LogP contribution in [0.4, 0.5) is 0 Å². The van der Waals surface area contributed by atoms with Crippen molar-refractivity contribution in [3.63, 3.8) is 0 Å². The standard InChI is InChI=1S/C27H18Cl2N2O3/c28-19-7-14-24(23(29)15-19)31-27(18-5-12-22(34)13-6-18)25(16-1-8-20(32)9-2-16)26(30-31)17-3-10-21(33)11-4-17/h1-15,32-34H. The Hall–Kier alpha value is -3.93. The fourth-order valence-corrected chi connectivity index (χ4v) is 4.34. The second kappa shape index (κ2) is 8.78. The molecule has 1 aromatic heterocycles. The molecule has 0 atom stereocenters. The maximum absolute atomic E-state index is 9.88. The van der Waals surface area contributed by atoms with Gasteiger partial charge in [-0.15, -0.1) is 0 Å². The van der Waals surface area contributed by atoms with E-state index in [0.29, 0.717) is 21.4 Å². The molecule has 0 fully saturated rings. The highest BCUT2D eigenvalue weighted by Crippen LogP contribution is 2.43. The number of halogens is 2. The molecular weight excluding hydrogens is 471 g/mol. The summed E-state index contributed by atoms with van der Waals surface area (Å²) in [7, 11) is 0. The van der Waals surface area contributed by atoms with E-state index in [-0.39, 0.29) is 17.2 Å². The van der Waals surface area contributed by atoms with Crippen LogP contribution in [0.3, 0.4) is 0 Å². The molecule has 3 N–H and O–H groups in total. The zero-order chi connectivity index (χ0) is 23.8. The fourth-order valence-electron chi connectivity index (χ4n) is 3.85. The highest BCUT2D eigenvalue weighted by Gasteiger charge is 2.24. The van der Waals surface area contributed by atoms with Gasteiger partial charge in [0.25, 0.3) is 0 Å². The lowest BCUT2D eigenvalue weighted by molar-refractivity contribution is 0.475. The minimum Gasteiger partial charge on any atom is -0.508 e. The smallest absolute Gasteiger partial charge is 0.115 e. The molecular formula is C27H18Cl2N2O3. The number of rotatable bonds is 4. The van der Waals surface area contributed by atoms with Crippen LogP contribution in [0.5, 0.6) is 17.2 Å². The molecule has 0 aliphatic carbocycles. The third-order valence-corrected chi connectivity index (χ3v) is 6.00. The van der Waals surface area contributed by atoms with E-state index in [1.807, 2.05) is 12.1 Å². The Labute approximate surface area is 205 Å². The van der Waals surface area contributed by atoms with Crippen LogP contribution in [-0.2, 0) is 0 Å². The molecule has 0 radical (unpaired) electrons. The van der Waals surface area contributed by atoms with Crippen molar-refractivity contribution in [3.05, 3.63) is 101 Å². The Morgan fingerprint density at radius 1 is 0.588 bits per heavy atom. The van der Waals surface area contributed by atoms with Gasteiger partial charge in [0, 0.05) is 21.7 Å². The summed E-state index contributed by atoms with van der Waals surface area (Å²) in [5.74, 6) is 0.437. The molecule has 4 aromatic carbocycles. The summed E-state index contributed by atoms with van der Waals surface area (Å²) in [4.78, 5) is 0. The molecule has 0 bridgehead atoms. The van der Waals surface area contributed by atoms with Crippen LogP contribution in [0.15, 0.2) is 91.0 Å². The van der Waals surface area contributed by atoms with Crippen molar-refractivity contribution in [1.82, 2.24) is 9.78 Å². The Kier molecular flexibility index (Phi) is 5.65. The summed E-state index contributed by atoms with van der Waals surface area (Å²) in [5.41, 5.74) is 5.20. The Bertz CT molecular complexity index is 1480. The average molecular weight is 489 g/mol. The van der Waals surface area contributed by atoms with Crippen LogP contribution in [0.2, 0.25) is 10.0 Å². The molecule has 34 heavy (non-hydrogen) atoms. The summed E-state index contributed by atoms with van der Waals surface area (Å²) in [6, 6.07) is 25.6. The third-order valence-electron chi connectivity index (χ3n) is 5.46. The molecule has 7 heteroatoms. The van der Waals surface area contributed by atoms with Gasteiger partial charge in [-0.25, -0.2) is 4.68 Å². The van der Waals surface area contributed by atoms with Crippen molar-refractivity contribution < 1.29 is 15.3 Å². The predicted octanol–water partition coefficient (Wildman–Crippen LogP) is 7.30. The molecule has 1 heterocycles. The van der Waals surface area contributed by atoms with E-state index >= 15 is 0 Å². The highest BCUT2D eigenvalue weighted by atomic mass is 35.5. The summed E-state index contributed by atoms with van der Waals surface area (Å²) in [6.45, 7) is 0. The van der Waals surface area contributed by atoms with Crippen molar-refractivity contribution >= 4 is 23.2 Å². The molecule has 5 rings (SSSR count). The van der Waals surface area contributed by atoms with Crippen molar-refractivity contribution in [3.8, 4) is 56.6 Å².